The van der Waals surface area contributed by atoms with Crippen LogP contribution in [-0.4, -0.2) is 8.42 Å². The number of halogens is 2. The van der Waals surface area contributed by atoms with E-state index in [1.54, 1.807) is 12.1 Å². The number of rotatable bonds is 3. The summed E-state index contributed by atoms with van der Waals surface area (Å²) in [5, 5.41) is 0.0562. The van der Waals surface area contributed by atoms with Crippen LogP contribution in [0.4, 0.5) is 10.1 Å². The van der Waals surface area contributed by atoms with Gasteiger partial charge in [0.25, 0.3) is 10.0 Å². The molecule has 106 valence electrons. The maximum atomic E-state index is 13.3. The highest BCUT2D eigenvalue weighted by molar-refractivity contribution is 7.92. The molecule has 1 N–H and O–H groups in total. The third-order valence-electron chi connectivity index (χ3n) is 2.90. The van der Waals surface area contributed by atoms with Gasteiger partial charge in [0.05, 0.1) is 15.6 Å². The van der Waals surface area contributed by atoms with Crippen molar-refractivity contribution in [3.63, 3.8) is 0 Å². The fourth-order valence-electron chi connectivity index (χ4n) is 1.66. The summed E-state index contributed by atoms with van der Waals surface area (Å²) in [4.78, 5) is 0.126. The van der Waals surface area contributed by atoms with Crippen LogP contribution in [0.5, 0.6) is 0 Å². The zero-order chi connectivity index (χ0) is 14.9. The minimum absolute atomic E-state index is 0.0562. The molecule has 0 aliphatic rings. The van der Waals surface area contributed by atoms with E-state index in [2.05, 4.69) is 4.72 Å². The molecule has 0 bridgehead atoms. The molecule has 3 nitrogen and oxygen atoms in total. The van der Waals surface area contributed by atoms with Crippen molar-refractivity contribution >= 4 is 27.3 Å². The molecule has 0 fully saturated rings. The first kappa shape index (κ1) is 14.8. The lowest BCUT2D eigenvalue weighted by atomic mass is 10.2. The second-order valence-electron chi connectivity index (χ2n) is 4.45. The van der Waals surface area contributed by atoms with Gasteiger partial charge in [0.15, 0.2) is 0 Å². The topological polar surface area (TPSA) is 46.2 Å². The van der Waals surface area contributed by atoms with E-state index in [1.165, 1.54) is 31.2 Å². The van der Waals surface area contributed by atoms with Gasteiger partial charge in [0.2, 0.25) is 0 Å². The molecule has 2 rings (SSSR count). The van der Waals surface area contributed by atoms with Gasteiger partial charge in [-0.25, -0.2) is 12.8 Å². The summed E-state index contributed by atoms with van der Waals surface area (Å²) in [6.07, 6.45) is 0. The summed E-state index contributed by atoms with van der Waals surface area (Å²) in [7, 11) is -3.74. The van der Waals surface area contributed by atoms with Crippen LogP contribution in [0.3, 0.4) is 0 Å². The van der Waals surface area contributed by atoms with Gasteiger partial charge < -0.3 is 0 Å². The first-order chi connectivity index (χ1) is 9.31. The highest BCUT2D eigenvalue weighted by Crippen LogP contribution is 2.29. The quantitative estimate of drug-likeness (QED) is 0.934. The lowest BCUT2D eigenvalue weighted by Gasteiger charge is -2.11. The molecule has 0 heterocycles. The summed E-state index contributed by atoms with van der Waals surface area (Å²) >= 11 is 5.95. The summed E-state index contributed by atoms with van der Waals surface area (Å²) in [6, 6.07) is 8.88. The van der Waals surface area contributed by atoms with Crippen LogP contribution >= 0.6 is 11.6 Å². The minimum Gasteiger partial charge on any atom is -0.278 e. The van der Waals surface area contributed by atoms with E-state index in [-0.39, 0.29) is 21.2 Å². The van der Waals surface area contributed by atoms with Crippen molar-refractivity contribution < 1.29 is 12.8 Å². The number of anilines is 1. The van der Waals surface area contributed by atoms with Crippen molar-refractivity contribution in [2.24, 2.45) is 0 Å². The van der Waals surface area contributed by atoms with Crippen LogP contribution in [0.15, 0.2) is 41.3 Å². The SMILES string of the molecule is Cc1ccc(S(=O)(=O)Nc2ccc(F)c(C)c2Cl)cc1. The minimum atomic E-state index is -3.74. The molecule has 0 amide bonds. The van der Waals surface area contributed by atoms with Gasteiger partial charge in [-0.3, -0.25) is 4.72 Å². The van der Waals surface area contributed by atoms with Gasteiger partial charge in [-0.05, 0) is 38.1 Å². The predicted octanol–water partition coefficient (Wildman–Crippen LogP) is 3.90. The number of benzene rings is 2. The van der Waals surface area contributed by atoms with Gasteiger partial charge >= 0.3 is 0 Å². The molecule has 0 aliphatic heterocycles. The Bertz CT molecular complexity index is 743. The van der Waals surface area contributed by atoms with Crippen LogP contribution in [-0.2, 0) is 10.0 Å². The zero-order valence-electron chi connectivity index (χ0n) is 10.9. The molecular formula is C14H13ClFNO2S. The standard InChI is InChI=1S/C14H13ClFNO2S/c1-9-3-5-11(6-4-9)20(18,19)17-13-8-7-12(16)10(2)14(13)15/h3-8,17H,1-2H3. The lowest BCUT2D eigenvalue weighted by Crippen LogP contribution is -2.13. The number of hydrogen-bond acceptors (Lipinski definition) is 2. The molecule has 0 aliphatic carbocycles. The Labute approximate surface area is 122 Å². The van der Waals surface area contributed by atoms with Gasteiger partial charge in [0, 0.05) is 5.56 Å². The Morgan fingerprint density at radius 2 is 1.65 bits per heavy atom. The molecule has 0 saturated carbocycles. The Balaban J connectivity index is 2.38. The molecule has 0 radical (unpaired) electrons. The molecule has 0 saturated heterocycles. The maximum absolute atomic E-state index is 13.3. The van der Waals surface area contributed by atoms with Crippen molar-refractivity contribution in [3.8, 4) is 0 Å². The molecule has 0 atom stereocenters. The predicted molar refractivity (Wildman–Crippen MR) is 78.1 cm³/mol. The second-order valence-corrected chi connectivity index (χ2v) is 6.51. The van der Waals surface area contributed by atoms with Crippen molar-refractivity contribution in [3.05, 3.63) is 58.4 Å². The monoisotopic (exact) mass is 313 g/mol. The van der Waals surface area contributed by atoms with Crippen LogP contribution in [0.25, 0.3) is 0 Å². The van der Waals surface area contributed by atoms with Crippen LogP contribution < -0.4 is 4.72 Å². The van der Waals surface area contributed by atoms with Crippen LogP contribution in [0.1, 0.15) is 11.1 Å². The molecular weight excluding hydrogens is 301 g/mol. The number of aryl methyl sites for hydroxylation is 1. The first-order valence-corrected chi connectivity index (χ1v) is 7.71. The zero-order valence-corrected chi connectivity index (χ0v) is 12.5. The van der Waals surface area contributed by atoms with E-state index in [4.69, 9.17) is 11.6 Å². The molecule has 0 spiro atoms. The van der Waals surface area contributed by atoms with Crippen molar-refractivity contribution in [2.75, 3.05) is 4.72 Å². The van der Waals surface area contributed by atoms with Crippen LogP contribution in [0, 0.1) is 19.7 Å². The molecule has 20 heavy (non-hydrogen) atoms. The van der Waals surface area contributed by atoms with E-state index in [9.17, 15) is 12.8 Å². The smallest absolute Gasteiger partial charge is 0.261 e. The Morgan fingerprint density at radius 1 is 1.05 bits per heavy atom. The second kappa shape index (κ2) is 5.42. The lowest BCUT2D eigenvalue weighted by molar-refractivity contribution is 0.601. The fraction of sp³-hybridized carbons (Fsp3) is 0.143. The molecule has 6 heteroatoms. The third-order valence-corrected chi connectivity index (χ3v) is 4.76. The third kappa shape index (κ3) is 2.94. The van der Waals surface area contributed by atoms with E-state index >= 15 is 0 Å². The van der Waals surface area contributed by atoms with Gasteiger partial charge in [-0.1, -0.05) is 29.3 Å². The van der Waals surface area contributed by atoms with Crippen molar-refractivity contribution in [2.45, 2.75) is 18.7 Å². The summed E-state index contributed by atoms with van der Waals surface area (Å²) in [5.74, 6) is -0.478. The number of nitrogens with one attached hydrogen (secondary N) is 1. The Kier molecular flexibility index (Phi) is 4.01. The van der Waals surface area contributed by atoms with E-state index in [0.717, 1.165) is 5.56 Å². The van der Waals surface area contributed by atoms with E-state index in [1.807, 2.05) is 6.92 Å². The molecule has 0 unspecified atom stereocenters. The van der Waals surface area contributed by atoms with E-state index in [0.29, 0.717) is 0 Å². The largest absolute Gasteiger partial charge is 0.278 e. The summed E-state index contributed by atoms with van der Waals surface area (Å²) in [5.41, 5.74) is 1.32. The van der Waals surface area contributed by atoms with Gasteiger partial charge in [-0.2, -0.15) is 0 Å². The molecule has 2 aromatic rings. The van der Waals surface area contributed by atoms with Gasteiger partial charge in [-0.15, -0.1) is 0 Å². The number of sulfonamides is 1. The van der Waals surface area contributed by atoms with Crippen molar-refractivity contribution in [1.29, 1.82) is 0 Å². The van der Waals surface area contributed by atoms with Crippen LogP contribution in [0.2, 0.25) is 5.02 Å². The normalized spacial score (nSPS) is 11.4. The Hall–Kier alpha value is -1.59. The summed E-state index contributed by atoms with van der Waals surface area (Å²) < 4.78 is 40.1. The van der Waals surface area contributed by atoms with Gasteiger partial charge in [0.1, 0.15) is 5.82 Å². The van der Waals surface area contributed by atoms with E-state index < -0.39 is 15.8 Å². The molecule has 2 aromatic carbocycles. The summed E-state index contributed by atoms with van der Waals surface area (Å²) in [6.45, 7) is 3.35. The highest BCUT2D eigenvalue weighted by Gasteiger charge is 2.17. The average Bonchev–Trinajstić information content (AvgIpc) is 2.40. The highest BCUT2D eigenvalue weighted by atomic mass is 35.5. The number of hydrogen-bond donors (Lipinski definition) is 1. The molecule has 0 aromatic heterocycles. The van der Waals surface area contributed by atoms with Crippen molar-refractivity contribution in [1.82, 2.24) is 0 Å². The fourth-order valence-corrected chi connectivity index (χ4v) is 2.99. The Morgan fingerprint density at radius 3 is 2.25 bits per heavy atom. The first-order valence-electron chi connectivity index (χ1n) is 5.85. The average molecular weight is 314 g/mol. The maximum Gasteiger partial charge on any atom is 0.261 e.